The van der Waals surface area contributed by atoms with E-state index in [0.29, 0.717) is 19.1 Å². The summed E-state index contributed by atoms with van der Waals surface area (Å²) in [7, 11) is 1.45. The number of carbonyl (C=O) groups is 1. The highest BCUT2D eigenvalue weighted by Crippen LogP contribution is 2.29. The first-order valence-corrected chi connectivity index (χ1v) is 4.28. The lowest BCUT2D eigenvalue weighted by molar-refractivity contribution is -0.203. The molecule has 2 aliphatic rings. The van der Waals surface area contributed by atoms with Gasteiger partial charge in [-0.05, 0) is 0 Å². The predicted molar refractivity (Wildman–Crippen MR) is 43.6 cm³/mol. The molecule has 2 fully saturated rings. The van der Waals surface area contributed by atoms with E-state index in [1.54, 1.807) is 0 Å². The number of nitrogens with zero attached hydrogens (tertiary/aromatic N) is 1. The average Bonchev–Trinajstić information content (AvgIpc) is 1.90. The van der Waals surface area contributed by atoms with E-state index in [0.717, 1.165) is 13.2 Å². The van der Waals surface area contributed by atoms with Gasteiger partial charge in [0, 0.05) is 20.2 Å². The summed E-state index contributed by atoms with van der Waals surface area (Å²) in [6, 6.07) is 0.405. The standard InChI is InChI=1S/C8H13NO4/c1-12-8(7(10)11)4-9(5-8)6-2-13-3-6/h6H,2-5H2,1H3,(H,10,11). The molecular formula is C8H13NO4. The number of carboxylic acids is 1. The van der Waals surface area contributed by atoms with Crippen LogP contribution in [0.25, 0.3) is 0 Å². The zero-order valence-corrected chi connectivity index (χ0v) is 7.52. The maximum absolute atomic E-state index is 10.8. The molecule has 2 heterocycles. The smallest absolute Gasteiger partial charge is 0.338 e. The van der Waals surface area contributed by atoms with Crippen molar-refractivity contribution >= 4 is 5.97 Å². The molecule has 0 atom stereocenters. The second-order valence-corrected chi connectivity index (χ2v) is 3.60. The molecule has 0 aromatic carbocycles. The minimum atomic E-state index is -0.963. The Labute approximate surface area is 76.2 Å². The molecule has 74 valence electrons. The molecule has 0 unspecified atom stereocenters. The predicted octanol–water partition coefficient (Wildman–Crippen LogP) is -0.829. The first-order chi connectivity index (χ1) is 6.18. The van der Waals surface area contributed by atoms with Crippen LogP contribution < -0.4 is 0 Å². The van der Waals surface area contributed by atoms with Gasteiger partial charge in [0.2, 0.25) is 0 Å². The molecule has 5 heteroatoms. The van der Waals surface area contributed by atoms with Crippen LogP contribution >= 0.6 is 0 Å². The van der Waals surface area contributed by atoms with Crippen LogP contribution in [-0.2, 0) is 14.3 Å². The summed E-state index contributed by atoms with van der Waals surface area (Å²) in [5.74, 6) is -0.869. The summed E-state index contributed by atoms with van der Waals surface area (Å²) in [5.41, 5.74) is -0.963. The molecule has 5 nitrogen and oxygen atoms in total. The van der Waals surface area contributed by atoms with Crippen molar-refractivity contribution in [2.45, 2.75) is 11.6 Å². The van der Waals surface area contributed by atoms with Crippen molar-refractivity contribution in [3.63, 3.8) is 0 Å². The highest BCUT2D eigenvalue weighted by molar-refractivity contribution is 5.79. The van der Waals surface area contributed by atoms with E-state index >= 15 is 0 Å². The second-order valence-electron chi connectivity index (χ2n) is 3.60. The summed E-state index contributed by atoms with van der Waals surface area (Å²) >= 11 is 0. The Hall–Kier alpha value is -0.650. The third-order valence-electron chi connectivity index (χ3n) is 2.83. The minimum absolute atomic E-state index is 0.405. The van der Waals surface area contributed by atoms with E-state index in [4.69, 9.17) is 14.6 Å². The minimum Gasteiger partial charge on any atom is -0.479 e. The fourth-order valence-corrected chi connectivity index (χ4v) is 1.65. The van der Waals surface area contributed by atoms with Gasteiger partial charge in [0.05, 0.1) is 19.3 Å². The van der Waals surface area contributed by atoms with Gasteiger partial charge in [-0.25, -0.2) is 4.79 Å². The van der Waals surface area contributed by atoms with Crippen LogP contribution in [-0.4, -0.2) is 61.0 Å². The summed E-state index contributed by atoms with van der Waals surface area (Å²) in [5, 5.41) is 8.89. The molecule has 0 aromatic rings. The van der Waals surface area contributed by atoms with Crippen LogP contribution in [0, 0.1) is 0 Å². The normalized spacial score (nSPS) is 27.8. The van der Waals surface area contributed by atoms with E-state index in [2.05, 4.69) is 4.90 Å². The van der Waals surface area contributed by atoms with Crippen LogP contribution in [0.4, 0.5) is 0 Å². The van der Waals surface area contributed by atoms with Gasteiger partial charge in [0.1, 0.15) is 0 Å². The van der Waals surface area contributed by atoms with Gasteiger partial charge in [0.15, 0.2) is 5.60 Å². The molecule has 0 bridgehead atoms. The van der Waals surface area contributed by atoms with Crippen LogP contribution in [0.1, 0.15) is 0 Å². The van der Waals surface area contributed by atoms with Crippen molar-refractivity contribution in [1.29, 1.82) is 0 Å². The molecule has 0 aliphatic carbocycles. The highest BCUT2D eigenvalue weighted by Gasteiger charge is 2.53. The fourth-order valence-electron chi connectivity index (χ4n) is 1.65. The maximum Gasteiger partial charge on any atom is 0.338 e. The summed E-state index contributed by atoms with van der Waals surface area (Å²) in [6.45, 7) is 2.40. The van der Waals surface area contributed by atoms with Crippen molar-refractivity contribution in [2.75, 3.05) is 33.4 Å². The quantitative estimate of drug-likeness (QED) is 0.625. The number of aliphatic carboxylic acids is 1. The van der Waals surface area contributed by atoms with Gasteiger partial charge < -0.3 is 14.6 Å². The zero-order chi connectivity index (χ0) is 9.47. The molecular weight excluding hydrogens is 174 g/mol. The third kappa shape index (κ3) is 1.23. The molecule has 13 heavy (non-hydrogen) atoms. The van der Waals surface area contributed by atoms with Crippen molar-refractivity contribution in [3.05, 3.63) is 0 Å². The Morgan fingerprint density at radius 1 is 1.62 bits per heavy atom. The van der Waals surface area contributed by atoms with Crippen LogP contribution in [0.5, 0.6) is 0 Å². The first kappa shape index (κ1) is 8.93. The first-order valence-electron chi connectivity index (χ1n) is 4.28. The zero-order valence-electron chi connectivity index (χ0n) is 7.52. The Morgan fingerprint density at radius 2 is 2.23 bits per heavy atom. The van der Waals surface area contributed by atoms with Crippen molar-refractivity contribution in [3.8, 4) is 0 Å². The number of ether oxygens (including phenoxy) is 2. The Kier molecular flexibility index (Phi) is 2.02. The summed E-state index contributed by atoms with van der Waals surface area (Å²) in [4.78, 5) is 12.9. The van der Waals surface area contributed by atoms with Gasteiger partial charge in [-0.2, -0.15) is 0 Å². The SMILES string of the molecule is COC1(C(=O)O)CN(C2COC2)C1. The number of hydrogen-bond donors (Lipinski definition) is 1. The molecule has 0 aromatic heterocycles. The molecule has 1 N–H and O–H groups in total. The third-order valence-corrected chi connectivity index (χ3v) is 2.83. The van der Waals surface area contributed by atoms with Crippen LogP contribution in [0.15, 0.2) is 0 Å². The van der Waals surface area contributed by atoms with Gasteiger partial charge in [-0.15, -0.1) is 0 Å². The number of likely N-dealkylation sites (tertiary alicyclic amines) is 1. The number of hydrogen-bond acceptors (Lipinski definition) is 4. The molecule has 0 amide bonds. The van der Waals surface area contributed by atoms with Crippen molar-refractivity contribution in [2.24, 2.45) is 0 Å². The fraction of sp³-hybridized carbons (Fsp3) is 0.875. The number of methoxy groups -OCH3 is 1. The summed E-state index contributed by atoms with van der Waals surface area (Å²) < 4.78 is 10.0. The molecule has 0 radical (unpaired) electrons. The maximum atomic E-state index is 10.8. The summed E-state index contributed by atoms with van der Waals surface area (Å²) in [6.07, 6.45) is 0. The molecule has 2 aliphatic heterocycles. The molecule has 2 rings (SSSR count). The van der Waals surface area contributed by atoms with Crippen LogP contribution in [0.2, 0.25) is 0 Å². The van der Waals surface area contributed by atoms with Crippen molar-refractivity contribution < 1.29 is 19.4 Å². The number of rotatable bonds is 3. The lowest BCUT2D eigenvalue weighted by Gasteiger charge is -2.51. The Balaban J connectivity index is 1.89. The van der Waals surface area contributed by atoms with E-state index in [-0.39, 0.29) is 0 Å². The van der Waals surface area contributed by atoms with Crippen LogP contribution in [0.3, 0.4) is 0 Å². The van der Waals surface area contributed by atoms with Gasteiger partial charge >= 0.3 is 5.97 Å². The second kappa shape index (κ2) is 2.94. The molecule has 0 saturated carbocycles. The topological polar surface area (TPSA) is 59.0 Å². The van der Waals surface area contributed by atoms with E-state index in [1.165, 1.54) is 7.11 Å². The van der Waals surface area contributed by atoms with Gasteiger partial charge in [-0.1, -0.05) is 0 Å². The monoisotopic (exact) mass is 187 g/mol. The van der Waals surface area contributed by atoms with E-state index in [9.17, 15) is 4.79 Å². The molecule has 2 saturated heterocycles. The number of carboxylic acid groups (broad SMARTS) is 1. The van der Waals surface area contributed by atoms with Gasteiger partial charge in [-0.3, -0.25) is 4.90 Å². The van der Waals surface area contributed by atoms with E-state index < -0.39 is 11.6 Å². The highest BCUT2D eigenvalue weighted by atomic mass is 16.5. The average molecular weight is 187 g/mol. The Morgan fingerprint density at radius 3 is 2.54 bits per heavy atom. The largest absolute Gasteiger partial charge is 0.479 e. The van der Waals surface area contributed by atoms with Gasteiger partial charge in [0.25, 0.3) is 0 Å². The van der Waals surface area contributed by atoms with E-state index in [1.807, 2.05) is 0 Å². The lowest BCUT2D eigenvalue weighted by atomic mass is 9.91. The lowest BCUT2D eigenvalue weighted by Crippen LogP contribution is -2.71. The molecule has 0 spiro atoms. The Bertz CT molecular complexity index is 220. The van der Waals surface area contributed by atoms with Crippen molar-refractivity contribution in [1.82, 2.24) is 4.90 Å².